The fraction of sp³-hybridized carbons (Fsp3) is 0.575. The molecule has 12 heteroatoms. The maximum absolute atomic E-state index is 13.6. The van der Waals surface area contributed by atoms with Crippen LogP contribution < -0.4 is 20.9 Å². The second-order valence-electron chi connectivity index (χ2n) is 14.3. The van der Waals surface area contributed by atoms with E-state index in [2.05, 4.69) is 17.6 Å². The lowest BCUT2D eigenvalue weighted by molar-refractivity contribution is -0.384. The summed E-state index contributed by atoms with van der Waals surface area (Å²) in [6.07, 6.45) is 16.1. The van der Waals surface area contributed by atoms with Crippen molar-refractivity contribution < 1.29 is 28.5 Å². The Kier molecular flexibility index (Phi) is 17.6. The number of nitrogens with zero attached hydrogens (tertiary/aromatic N) is 2. The molecule has 0 radical (unpaired) electrons. The van der Waals surface area contributed by atoms with Crippen molar-refractivity contribution in [2.24, 2.45) is 0 Å². The predicted molar refractivity (Wildman–Crippen MR) is 204 cm³/mol. The first-order chi connectivity index (χ1) is 24.9. The first kappa shape index (κ1) is 42.0. The van der Waals surface area contributed by atoms with Crippen LogP contribution in [-0.4, -0.2) is 41.2 Å². The first-order valence-corrected chi connectivity index (χ1v) is 18.8. The smallest absolute Gasteiger partial charge is 0.297 e. The van der Waals surface area contributed by atoms with Crippen molar-refractivity contribution in [2.45, 2.75) is 130 Å². The molecular weight excluding hydrogens is 664 g/mol. The van der Waals surface area contributed by atoms with Crippen molar-refractivity contribution >= 4 is 23.2 Å². The highest BCUT2D eigenvalue weighted by molar-refractivity contribution is 5.95. The van der Waals surface area contributed by atoms with Gasteiger partial charge in [0, 0.05) is 49.4 Å². The average Bonchev–Trinajstić information content (AvgIpc) is 3.44. The van der Waals surface area contributed by atoms with E-state index >= 15 is 0 Å². The fourth-order valence-corrected chi connectivity index (χ4v) is 5.88. The van der Waals surface area contributed by atoms with E-state index in [9.17, 15) is 24.5 Å². The number of nitrogens with one attached hydrogen (secondary N) is 2. The summed E-state index contributed by atoms with van der Waals surface area (Å²) in [6, 6.07) is 10.6. The molecule has 0 unspecified atom stereocenters. The van der Waals surface area contributed by atoms with Gasteiger partial charge in [-0.2, -0.15) is 0 Å². The molecule has 3 aromatic rings. The van der Waals surface area contributed by atoms with E-state index in [1.165, 1.54) is 83.3 Å². The normalized spacial score (nSPS) is 11.4. The van der Waals surface area contributed by atoms with Crippen molar-refractivity contribution in [1.29, 1.82) is 0 Å². The summed E-state index contributed by atoms with van der Waals surface area (Å²) in [5, 5.41) is 17.6. The van der Waals surface area contributed by atoms with Crippen molar-refractivity contribution in [3.63, 3.8) is 0 Å². The number of ether oxygens (including phenoxy) is 2. The lowest BCUT2D eigenvalue weighted by atomic mass is 9.91. The van der Waals surface area contributed by atoms with Crippen LogP contribution in [0.4, 0.5) is 11.4 Å². The zero-order valence-electron chi connectivity index (χ0n) is 31.7. The Morgan fingerprint density at radius 1 is 0.865 bits per heavy atom. The standard InChI is InChI=1S/C40H58N4O8/c1-6-7-8-9-10-11-12-13-14-15-16-17-26-50-27-18-25-41-38(46)31-19-24-35(36(28-31)44(48)49)43-39(47)34(37(52-43)40(3,4)5)29-51-33-22-20-32(21-23-33)42-30(2)45/h19-24,28H,6-18,25-27,29H2,1-5H3,(H,41,46)(H,42,45). The molecule has 2 N–H and O–H groups in total. The van der Waals surface area contributed by atoms with Gasteiger partial charge in [-0.3, -0.25) is 24.5 Å². The molecular formula is C40H58N4O8. The van der Waals surface area contributed by atoms with Gasteiger partial charge in [0.25, 0.3) is 17.2 Å². The maximum atomic E-state index is 13.6. The third-order valence-electron chi connectivity index (χ3n) is 8.68. The molecule has 1 aromatic heterocycles. The number of amides is 2. The minimum atomic E-state index is -0.645. The second-order valence-corrected chi connectivity index (χ2v) is 14.3. The molecule has 0 aliphatic carbocycles. The third-order valence-corrected chi connectivity index (χ3v) is 8.68. The van der Waals surface area contributed by atoms with E-state index in [1.54, 1.807) is 24.3 Å². The Balaban J connectivity index is 1.49. The van der Waals surface area contributed by atoms with Crippen LogP contribution in [0.3, 0.4) is 0 Å². The lowest BCUT2D eigenvalue weighted by Gasteiger charge is -2.16. The summed E-state index contributed by atoms with van der Waals surface area (Å²) in [5.74, 6) is 0.0976. The van der Waals surface area contributed by atoms with Crippen molar-refractivity contribution in [1.82, 2.24) is 10.1 Å². The largest absolute Gasteiger partial charge is 0.489 e. The molecule has 286 valence electrons. The van der Waals surface area contributed by atoms with Crippen LogP contribution in [-0.2, 0) is 21.6 Å². The van der Waals surface area contributed by atoms with Crippen LogP contribution >= 0.6 is 0 Å². The summed E-state index contributed by atoms with van der Waals surface area (Å²) in [6.45, 7) is 10.6. The minimum Gasteiger partial charge on any atom is -0.489 e. The monoisotopic (exact) mass is 722 g/mol. The number of benzene rings is 2. The number of nitro benzene ring substituents is 1. The van der Waals surface area contributed by atoms with Gasteiger partial charge in [-0.25, -0.2) is 0 Å². The molecule has 3 rings (SSSR count). The molecule has 52 heavy (non-hydrogen) atoms. The molecule has 0 spiro atoms. The summed E-state index contributed by atoms with van der Waals surface area (Å²) in [4.78, 5) is 49.3. The number of rotatable bonds is 24. The minimum absolute atomic E-state index is 0.0924. The number of nitro groups is 1. The molecule has 0 saturated heterocycles. The van der Waals surface area contributed by atoms with Crippen molar-refractivity contribution in [3.8, 4) is 11.4 Å². The number of anilines is 1. The van der Waals surface area contributed by atoms with Crippen LogP contribution in [0.2, 0.25) is 0 Å². The topological polar surface area (TPSA) is 155 Å². The average molecular weight is 723 g/mol. The number of carbonyl (C=O) groups excluding carboxylic acids is 2. The van der Waals surface area contributed by atoms with E-state index in [-0.39, 0.29) is 29.3 Å². The SMILES string of the molecule is CCCCCCCCCCCCCCOCCCNC(=O)c1ccc(-n2oc(C(C)(C)C)c(COc3ccc(NC(C)=O)cc3)c2=O)c([N+](=O)[O-])c1. The Labute approximate surface area is 307 Å². The molecule has 0 aliphatic rings. The maximum Gasteiger partial charge on any atom is 0.297 e. The van der Waals surface area contributed by atoms with Gasteiger partial charge in [-0.05, 0) is 49.2 Å². The van der Waals surface area contributed by atoms with Crippen LogP contribution in [0, 0.1) is 10.1 Å². The van der Waals surface area contributed by atoms with E-state index in [0.717, 1.165) is 23.6 Å². The summed E-state index contributed by atoms with van der Waals surface area (Å²) in [7, 11) is 0. The molecule has 2 aromatic carbocycles. The Morgan fingerprint density at radius 3 is 2.04 bits per heavy atom. The van der Waals surface area contributed by atoms with Gasteiger partial charge < -0.3 is 24.6 Å². The molecule has 0 saturated carbocycles. The number of hydrogen-bond acceptors (Lipinski definition) is 8. The van der Waals surface area contributed by atoms with Gasteiger partial charge in [-0.1, -0.05) is 98.3 Å². The summed E-state index contributed by atoms with van der Waals surface area (Å²) < 4.78 is 18.4. The highest BCUT2D eigenvalue weighted by Gasteiger charge is 2.31. The van der Waals surface area contributed by atoms with Gasteiger partial charge in [0.15, 0.2) is 11.4 Å². The Bertz CT molecular complexity index is 1620. The van der Waals surface area contributed by atoms with Crippen LogP contribution in [0.15, 0.2) is 51.8 Å². The van der Waals surface area contributed by atoms with Crippen molar-refractivity contribution in [3.05, 3.63) is 79.8 Å². The second kappa shape index (κ2) is 21.8. The molecule has 0 atom stereocenters. The molecule has 0 aliphatic heterocycles. The zero-order chi connectivity index (χ0) is 37.9. The van der Waals surface area contributed by atoms with Gasteiger partial charge in [0.05, 0.1) is 10.5 Å². The molecule has 0 bridgehead atoms. The molecule has 2 amide bonds. The lowest BCUT2D eigenvalue weighted by Crippen LogP contribution is -2.25. The molecule has 1 heterocycles. The van der Waals surface area contributed by atoms with Gasteiger partial charge in [0.2, 0.25) is 5.91 Å². The zero-order valence-corrected chi connectivity index (χ0v) is 31.7. The highest BCUT2D eigenvalue weighted by atomic mass is 16.6. The fourth-order valence-electron chi connectivity index (χ4n) is 5.88. The Morgan fingerprint density at radius 2 is 1.46 bits per heavy atom. The number of aromatic nitrogens is 1. The van der Waals surface area contributed by atoms with E-state index in [1.807, 2.05) is 20.8 Å². The van der Waals surface area contributed by atoms with E-state index < -0.39 is 27.5 Å². The highest BCUT2D eigenvalue weighted by Crippen LogP contribution is 2.30. The summed E-state index contributed by atoms with van der Waals surface area (Å²) in [5.41, 5.74) is -0.901. The van der Waals surface area contributed by atoms with Crippen LogP contribution in [0.25, 0.3) is 5.69 Å². The van der Waals surface area contributed by atoms with Crippen LogP contribution in [0.5, 0.6) is 5.75 Å². The number of hydrogen-bond donors (Lipinski definition) is 2. The van der Waals surface area contributed by atoms with E-state index in [4.69, 9.17) is 14.0 Å². The Hall–Kier alpha value is -4.45. The van der Waals surface area contributed by atoms with Gasteiger partial charge in [-0.15, -0.1) is 4.74 Å². The van der Waals surface area contributed by atoms with Crippen molar-refractivity contribution in [2.75, 3.05) is 25.1 Å². The van der Waals surface area contributed by atoms with E-state index in [0.29, 0.717) is 43.4 Å². The third kappa shape index (κ3) is 13.9. The summed E-state index contributed by atoms with van der Waals surface area (Å²) >= 11 is 0. The first-order valence-electron chi connectivity index (χ1n) is 18.8. The van der Waals surface area contributed by atoms with Gasteiger partial charge >= 0.3 is 0 Å². The number of carbonyl (C=O) groups is 2. The molecule has 0 fully saturated rings. The van der Waals surface area contributed by atoms with Crippen LogP contribution in [0.1, 0.15) is 140 Å². The van der Waals surface area contributed by atoms with Gasteiger partial charge in [0.1, 0.15) is 12.4 Å². The predicted octanol–water partition coefficient (Wildman–Crippen LogP) is 9.01. The number of unbranched alkanes of at least 4 members (excludes halogenated alkanes) is 11. The quantitative estimate of drug-likeness (QED) is 0.0527. The molecule has 12 nitrogen and oxygen atoms in total.